The summed E-state index contributed by atoms with van der Waals surface area (Å²) in [5.41, 5.74) is 3.94. The summed E-state index contributed by atoms with van der Waals surface area (Å²) in [7, 11) is 0. The van der Waals surface area contributed by atoms with Gasteiger partial charge in [-0.2, -0.15) is 0 Å². The quantitative estimate of drug-likeness (QED) is 0.118. The molecule has 0 radical (unpaired) electrons. The van der Waals surface area contributed by atoms with E-state index in [9.17, 15) is 15.0 Å². The molecule has 1 amide bonds. The topological polar surface area (TPSA) is 91.3 Å². The molecule has 47 heavy (non-hydrogen) atoms. The Bertz CT molecular complexity index is 1140. The third-order valence-corrected chi connectivity index (χ3v) is 10.1. The lowest BCUT2D eigenvalue weighted by Crippen LogP contribution is -2.44. The molecule has 1 unspecified atom stereocenters. The van der Waals surface area contributed by atoms with E-state index < -0.39 is 6.29 Å². The molecular formula is C40H62N2O5. The standard InChI is InChI=1S/C40H62N2O5/c1-3-4-5-6-7-8-9-10-11-12-13-14-15-16-38(45)41-27-32-17-23-35(24-18-32)40-46-37(29-42-26-25-36(44)28-42)31(2)39(47-40)34-21-19-33(30-43)20-22-34/h17-24,31,36-37,39-40,43-44H,3-16,25-30H2,1-2H3,(H,41,45)/t31-,36+,37+,39+,40?/m0/s1. The number of nitrogens with one attached hydrogen (secondary N) is 1. The van der Waals surface area contributed by atoms with Gasteiger partial charge >= 0.3 is 0 Å². The number of hydrogen-bond acceptors (Lipinski definition) is 6. The molecule has 2 saturated heterocycles. The van der Waals surface area contributed by atoms with Crippen LogP contribution < -0.4 is 5.32 Å². The van der Waals surface area contributed by atoms with E-state index in [2.05, 4.69) is 24.1 Å². The molecule has 2 aromatic carbocycles. The van der Waals surface area contributed by atoms with E-state index in [4.69, 9.17) is 9.47 Å². The number of aliphatic hydroxyl groups is 2. The van der Waals surface area contributed by atoms with Crippen LogP contribution in [0.15, 0.2) is 48.5 Å². The van der Waals surface area contributed by atoms with Gasteiger partial charge in [-0.3, -0.25) is 9.69 Å². The number of carbonyl (C=O) groups is 1. The van der Waals surface area contributed by atoms with Crippen LogP contribution in [0.5, 0.6) is 0 Å². The predicted molar refractivity (Wildman–Crippen MR) is 189 cm³/mol. The smallest absolute Gasteiger partial charge is 0.220 e. The van der Waals surface area contributed by atoms with Gasteiger partial charge in [0.2, 0.25) is 5.91 Å². The molecule has 262 valence electrons. The Morgan fingerprint density at radius 2 is 1.38 bits per heavy atom. The summed E-state index contributed by atoms with van der Waals surface area (Å²) in [6.45, 7) is 7.25. The van der Waals surface area contributed by atoms with E-state index in [1.807, 2.05) is 48.5 Å². The number of unbranched alkanes of at least 4 members (excludes halogenated alkanes) is 12. The Morgan fingerprint density at radius 1 is 0.809 bits per heavy atom. The van der Waals surface area contributed by atoms with Crippen molar-refractivity contribution in [1.29, 1.82) is 0 Å². The van der Waals surface area contributed by atoms with Gasteiger partial charge in [0.15, 0.2) is 6.29 Å². The summed E-state index contributed by atoms with van der Waals surface area (Å²) < 4.78 is 13.2. The van der Waals surface area contributed by atoms with Gasteiger partial charge in [-0.15, -0.1) is 0 Å². The van der Waals surface area contributed by atoms with Crippen molar-refractivity contribution in [2.24, 2.45) is 5.92 Å². The Labute approximate surface area is 284 Å². The van der Waals surface area contributed by atoms with Crippen molar-refractivity contribution in [3.63, 3.8) is 0 Å². The summed E-state index contributed by atoms with van der Waals surface area (Å²) in [4.78, 5) is 14.8. The Hall–Kier alpha value is -2.29. The number of hydrogen-bond donors (Lipinski definition) is 3. The molecule has 7 nitrogen and oxygen atoms in total. The van der Waals surface area contributed by atoms with Gasteiger partial charge < -0.3 is 25.0 Å². The second-order valence-corrected chi connectivity index (χ2v) is 14.0. The zero-order valence-electron chi connectivity index (χ0n) is 29.2. The predicted octanol–water partition coefficient (Wildman–Crippen LogP) is 8.13. The molecule has 0 bridgehead atoms. The lowest BCUT2D eigenvalue weighted by atomic mass is 9.90. The van der Waals surface area contributed by atoms with E-state index in [1.165, 1.54) is 70.6 Å². The van der Waals surface area contributed by atoms with Crippen LogP contribution in [0.25, 0.3) is 0 Å². The third kappa shape index (κ3) is 12.9. The highest BCUT2D eigenvalue weighted by Gasteiger charge is 2.39. The number of aliphatic hydroxyl groups excluding tert-OH is 2. The molecule has 2 aliphatic rings. The minimum atomic E-state index is -0.523. The van der Waals surface area contributed by atoms with E-state index >= 15 is 0 Å². The number of β-amino-alcohol motifs (C(OH)–C–C–N with tert-alkyl or cyclic N) is 1. The minimum Gasteiger partial charge on any atom is -0.392 e. The zero-order valence-corrected chi connectivity index (χ0v) is 29.2. The second kappa shape index (κ2) is 20.9. The number of nitrogens with zero attached hydrogens (tertiary/aromatic N) is 1. The highest BCUT2D eigenvalue weighted by atomic mass is 16.7. The van der Waals surface area contributed by atoms with Crippen molar-refractivity contribution in [3.8, 4) is 0 Å². The molecule has 0 saturated carbocycles. The van der Waals surface area contributed by atoms with E-state index in [1.54, 1.807) is 0 Å². The lowest BCUT2D eigenvalue weighted by Gasteiger charge is -2.42. The maximum atomic E-state index is 12.5. The number of amides is 1. The van der Waals surface area contributed by atoms with Crippen LogP contribution in [0.3, 0.4) is 0 Å². The van der Waals surface area contributed by atoms with Crippen LogP contribution in [-0.4, -0.2) is 52.9 Å². The Morgan fingerprint density at radius 3 is 1.96 bits per heavy atom. The molecule has 3 N–H and O–H groups in total. The van der Waals surface area contributed by atoms with Crippen LogP contribution in [0.1, 0.15) is 145 Å². The van der Waals surface area contributed by atoms with Crippen LogP contribution in [0.2, 0.25) is 0 Å². The normalized spacial score (nSPS) is 23.3. The second-order valence-electron chi connectivity index (χ2n) is 14.0. The highest BCUT2D eigenvalue weighted by molar-refractivity contribution is 5.75. The van der Waals surface area contributed by atoms with Gasteiger partial charge in [0, 0.05) is 44.1 Å². The molecule has 5 atom stereocenters. The molecule has 7 heteroatoms. The van der Waals surface area contributed by atoms with Crippen LogP contribution in [-0.2, 0) is 27.4 Å². The third-order valence-electron chi connectivity index (χ3n) is 10.1. The van der Waals surface area contributed by atoms with Crippen molar-refractivity contribution in [2.45, 2.75) is 148 Å². The van der Waals surface area contributed by atoms with Gasteiger partial charge in [-0.25, -0.2) is 0 Å². The van der Waals surface area contributed by atoms with Crippen molar-refractivity contribution < 1.29 is 24.5 Å². The summed E-state index contributed by atoms with van der Waals surface area (Å²) in [5, 5.41) is 22.7. The number of carbonyl (C=O) groups excluding carboxylic acids is 1. The van der Waals surface area contributed by atoms with Gasteiger partial charge in [-0.1, -0.05) is 139 Å². The van der Waals surface area contributed by atoms with Crippen molar-refractivity contribution in [2.75, 3.05) is 19.6 Å². The molecule has 4 rings (SSSR count). The number of benzene rings is 2. The molecule has 2 fully saturated rings. The van der Waals surface area contributed by atoms with E-state index in [0.717, 1.165) is 54.6 Å². The maximum absolute atomic E-state index is 12.5. The fraction of sp³-hybridized carbons (Fsp3) is 0.675. The van der Waals surface area contributed by atoms with Gasteiger partial charge in [0.05, 0.1) is 24.9 Å². The monoisotopic (exact) mass is 650 g/mol. The van der Waals surface area contributed by atoms with Crippen molar-refractivity contribution in [1.82, 2.24) is 10.2 Å². The van der Waals surface area contributed by atoms with E-state index in [0.29, 0.717) is 19.5 Å². The molecule has 2 aliphatic heterocycles. The molecule has 0 aromatic heterocycles. The zero-order chi connectivity index (χ0) is 33.3. The Balaban J connectivity index is 1.18. The fourth-order valence-electron chi connectivity index (χ4n) is 6.95. The van der Waals surface area contributed by atoms with Crippen LogP contribution in [0, 0.1) is 5.92 Å². The summed E-state index contributed by atoms with van der Waals surface area (Å²) in [5.74, 6) is 0.225. The van der Waals surface area contributed by atoms with Crippen LogP contribution >= 0.6 is 0 Å². The summed E-state index contributed by atoms with van der Waals surface area (Å²) in [6, 6.07) is 16.1. The van der Waals surface area contributed by atoms with Crippen LogP contribution in [0.4, 0.5) is 0 Å². The molecule has 2 heterocycles. The molecule has 2 aromatic rings. The summed E-state index contributed by atoms with van der Waals surface area (Å²) in [6.07, 6.45) is 17.3. The first kappa shape index (κ1) is 37.5. The number of ether oxygens (including phenoxy) is 2. The molecule has 0 aliphatic carbocycles. The molecule has 0 spiro atoms. The first-order valence-corrected chi connectivity index (χ1v) is 18.7. The minimum absolute atomic E-state index is 0.0131. The Kier molecular flexibility index (Phi) is 16.7. The SMILES string of the molecule is CCCCCCCCCCCCCCCC(=O)NCc1ccc(C2O[C@H](CN3CC[C@@H](O)C3)[C@H](C)[C@H](c3ccc(CO)cc3)O2)cc1. The lowest BCUT2D eigenvalue weighted by molar-refractivity contribution is -0.276. The van der Waals surface area contributed by atoms with Gasteiger partial charge in [0.25, 0.3) is 0 Å². The average Bonchev–Trinajstić information content (AvgIpc) is 3.51. The first-order chi connectivity index (χ1) is 23.0. The largest absolute Gasteiger partial charge is 0.392 e. The molecular weight excluding hydrogens is 588 g/mol. The highest BCUT2D eigenvalue weighted by Crippen LogP contribution is 2.42. The van der Waals surface area contributed by atoms with E-state index in [-0.39, 0.29) is 36.7 Å². The summed E-state index contributed by atoms with van der Waals surface area (Å²) >= 11 is 0. The average molecular weight is 651 g/mol. The number of rotatable bonds is 21. The van der Waals surface area contributed by atoms with Crippen molar-refractivity contribution in [3.05, 3.63) is 70.8 Å². The van der Waals surface area contributed by atoms with Gasteiger partial charge in [-0.05, 0) is 29.5 Å². The fourth-order valence-corrected chi connectivity index (χ4v) is 6.95. The maximum Gasteiger partial charge on any atom is 0.220 e. The van der Waals surface area contributed by atoms with Gasteiger partial charge in [0.1, 0.15) is 0 Å². The number of likely N-dealkylation sites (tertiary alicyclic amines) is 1. The first-order valence-electron chi connectivity index (χ1n) is 18.7. The van der Waals surface area contributed by atoms with Crippen molar-refractivity contribution >= 4 is 5.91 Å².